The first-order valence-electron chi connectivity index (χ1n) is 6.41. The number of anilines is 1. The average Bonchev–Trinajstić information content (AvgIpc) is 2.81. The Labute approximate surface area is 114 Å². The quantitative estimate of drug-likeness (QED) is 0.836. The van der Waals surface area contributed by atoms with Gasteiger partial charge < -0.3 is 15.5 Å². The highest BCUT2D eigenvalue weighted by molar-refractivity contribution is 7.84. The molecule has 1 aromatic heterocycles. The van der Waals surface area contributed by atoms with Gasteiger partial charge in [-0.05, 0) is 31.0 Å². The summed E-state index contributed by atoms with van der Waals surface area (Å²) in [4.78, 5) is 7.64. The van der Waals surface area contributed by atoms with Crippen LogP contribution in [0.15, 0.2) is 18.2 Å². The van der Waals surface area contributed by atoms with Gasteiger partial charge in [-0.2, -0.15) is 0 Å². The highest BCUT2D eigenvalue weighted by Gasteiger charge is 2.21. The Hall–Kier alpha value is -1.40. The van der Waals surface area contributed by atoms with E-state index in [9.17, 15) is 4.21 Å². The lowest BCUT2D eigenvalue weighted by atomic mass is 10.2. The molecule has 0 aliphatic carbocycles. The number of benzene rings is 1. The number of aromatic nitrogens is 2. The Kier molecular flexibility index (Phi) is 3.52. The van der Waals surface area contributed by atoms with Crippen LogP contribution in [-0.4, -0.2) is 32.6 Å². The highest BCUT2D eigenvalue weighted by Crippen LogP contribution is 2.19. The third-order valence-electron chi connectivity index (χ3n) is 3.37. The predicted octanol–water partition coefficient (Wildman–Crippen LogP) is 1.57. The number of ether oxygens (including phenoxy) is 1. The molecule has 102 valence electrons. The van der Waals surface area contributed by atoms with E-state index >= 15 is 0 Å². The molecule has 6 heteroatoms. The van der Waals surface area contributed by atoms with Gasteiger partial charge in [0.25, 0.3) is 0 Å². The zero-order chi connectivity index (χ0) is 13.2. The summed E-state index contributed by atoms with van der Waals surface area (Å²) in [5.74, 6) is 1.24. The van der Waals surface area contributed by atoms with Gasteiger partial charge in [-0.1, -0.05) is 0 Å². The molecule has 1 unspecified atom stereocenters. The summed E-state index contributed by atoms with van der Waals surface area (Å²) in [6, 6.07) is 5.55. The van der Waals surface area contributed by atoms with Gasteiger partial charge in [0.1, 0.15) is 5.82 Å². The SMILES string of the molecule is Nc1ccc2nc(CS(=O)C3CCOCC3)[nH]c2c1. The van der Waals surface area contributed by atoms with Crippen molar-refractivity contribution in [2.75, 3.05) is 18.9 Å². The van der Waals surface area contributed by atoms with Crippen molar-refractivity contribution in [2.24, 2.45) is 0 Å². The molecule has 3 N–H and O–H groups in total. The first kappa shape index (κ1) is 12.6. The first-order chi connectivity index (χ1) is 9.22. The molecular formula is C13H17N3O2S. The maximum absolute atomic E-state index is 12.3. The fraction of sp³-hybridized carbons (Fsp3) is 0.462. The molecule has 1 aromatic carbocycles. The van der Waals surface area contributed by atoms with Crippen LogP contribution in [0.4, 0.5) is 5.69 Å². The van der Waals surface area contributed by atoms with E-state index < -0.39 is 10.8 Å². The number of hydrogen-bond acceptors (Lipinski definition) is 4. The zero-order valence-corrected chi connectivity index (χ0v) is 11.4. The highest BCUT2D eigenvalue weighted by atomic mass is 32.2. The van der Waals surface area contributed by atoms with Crippen molar-refractivity contribution in [1.29, 1.82) is 0 Å². The summed E-state index contributed by atoms with van der Waals surface area (Å²) in [7, 11) is -0.894. The first-order valence-corrected chi connectivity index (χ1v) is 7.79. The lowest BCUT2D eigenvalue weighted by molar-refractivity contribution is 0.0992. The van der Waals surface area contributed by atoms with Crippen molar-refractivity contribution in [3.63, 3.8) is 0 Å². The molecular weight excluding hydrogens is 262 g/mol. The van der Waals surface area contributed by atoms with E-state index in [1.165, 1.54) is 0 Å². The molecule has 5 nitrogen and oxygen atoms in total. The third-order valence-corrected chi connectivity index (χ3v) is 5.15. The second kappa shape index (κ2) is 5.30. The Morgan fingerprint density at radius 3 is 3.00 bits per heavy atom. The van der Waals surface area contributed by atoms with Crippen molar-refractivity contribution < 1.29 is 8.95 Å². The van der Waals surface area contributed by atoms with Crippen molar-refractivity contribution in [3.8, 4) is 0 Å². The van der Waals surface area contributed by atoms with Gasteiger partial charge in [0.2, 0.25) is 0 Å². The largest absolute Gasteiger partial charge is 0.399 e. The maximum Gasteiger partial charge on any atom is 0.119 e. The Morgan fingerprint density at radius 2 is 2.21 bits per heavy atom. The number of hydrogen-bond donors (Lipinski definition) is 2. The monoisotopic (exact) mass is 279 g/mol. The Morgan fingerprint density at radius 1 is 1.42 bits per heavy atom. The lowest BCUT2D eigenvalue weighted by Crippen LogP contribution is -2.25. The van der Waals surface area contributed by atoms with Gasteiger partial charge in [-0.3, -0.25) is 4.21 Å². The lowest BCUT2D eigenvalue weighted by Gasteiger charge is -2.20. The number of aromatic amines is 1. The average molecular weight is 279 g/mol. The van der Waals surface area contributed by atoms with Crippen LogP contribution in [0.5, 0.6) is 0 Å². The fourth-order valence-electron chi connectivity index (χ4n) is 2.34. The minimum Gasteiger partial charge on any atom is -0.399 e. The number of rotatable bonds is 3. The van der Waals surface area contributed by atoms with Crippen LogP contribution in [-0.2, 0) is 21.3 Å². The Balaban J connectivity index is 1.75. The molecule has 19 heavy (non-hydrogen) atoms. The van der Waals surface area contributed by atoms with Crippen LogP contribution in [0, 0.1) is 0 Å². The topological polar surface area (TPSA) is 81.0 Å². The molecule has 1 atom stereocenters. The summed E-state index contributed by atoms with van der Waals surface area (Å²) in [6.07, 6.45) is 1.75. The van der Waals surface area contributed by atoms with E-state index in [1.807, 2.05) is 18.2 Å². The molecule has 0 amide bonds. The molecule has 3 rings (SSSR count). The van der Waals surface area contributed by atoms with Gasteiger partial charge in [-0.25, -0.2) is 4.98 Å². The smallest absolute Gasteiger partial charge is 0.119 e. The van der Waals surface area contributed by atoms with Gasteiger partial charge in [0.15, 0.2) is 0 Å². The standard InChI is InChI=1S/C13H17N3O2S/c14-9-1-2-11-12(7-9)16-13(15-11)8-19(17)10-3-5-18-6-4-10/h1-2,7,10H,3-6,8,14H2,(H,15,16). The van der Waals surface area contributed by atoms with E-state index in [-0.39, 0.29) is 5.25 Å². The van der Waals surface area contributed by atoms with Crippen molar-refractivity contribution in [3.05, 3.63) is 24.0 Å². The molecule has 0 radical (unpaired) electrons. The van der Waals surface area contributed by atoms with E-state index in [2.05, 4.69) is 9.97 Å². The van der Waals surface area contributed by atoms with Crippen LogP contribution in [0.1, 0.15) is 18.7 Å². The Bertz CT molecular complexity index is 605. The van der Waals surface area contributed by atoms with E-state index in [4.69, 9.17) is 10.5 Å². The summed E-state index contributed by atoms with van der Waals surface area (Å²) in [5.41, 5.74) is 8.20. The van der Waals surface area contributed by atoms with Gasteiger partial charge in [0, 0.05) is 35.0 Å². The van der Waals surface area contributed by atoms with E-state index in [0.717, 1.165) is 29.7 Å². The van der Waals surface area contributed by atoms with Crippen LogP contribution < -0.4 is 5.73 Å². The minimum absolute atomic E-state index is 0.229. The fourth-order valence-corrected chi connectivity index (χ4v) is 3.70. The molecule has 0 spiro atoms. The predicted molar refractivity (Wildman–Crippen MR) is 76.2 cm³/mol. The number of imidazole rings is 1. The normalized spacial score (nSPS) is 18.7. The maximum atomic E-state index is 12.3. The van der Waals surface area contributed by atoms with Crippen molar-refractivity contribution in [1.82, 2.24) is 9.97 Å². The second-order valence-corrected chi connectivity index (χ2v) is 6.51. The molecule has 2 aromatic rings. The number of fused-ring (bicyclic) bond motifs is 1. The van der Waals surface area contributed by atoms with E-state index in [1.54, 1.807) is 0 Å². The van der Waals surface area contributed by atoms with Crippen LogP contribution in [0.25, 0.3) is 11.0 Å². The molecule has 1 fully saturated rings. The van der Waals surface area contributed by atoms with E-state index in [0.29, 0.717) is 24.7 Å². The van der Waals surface area contributed by atoms with Crippen LogP contribution in [0.2, 0.25) is 0 Å². The number of H-pyrrole nitrogens is 1. The van der Waals surface area contributed by atoms with Crippen molar-refractivity contribution >= 4 is 27.5 Å². The molecule has 0 bridgehead atoms. The van der Waals surface area contributed by atoms with Crippen molar-refractivity contribution in [2.45, 2.75) is 23.8 Å². The third kappa shape index (κ3) is 2.79. The summed E-state index contributed by atoms with van der Waals surface area (Å²) >= 11 is 0. The number of nitrogens with one attached hydrogen (secondary N) is 1. The summed E-state index contributed by atoms with van der Waals surface area (Å²) in [6.45, 7) is 1.43. The summed E-state index contributed by atoms with van der Waals surface area (Å²) < 4.78 is 17.6. The second-order valence-electron chi connectivity index (χ2n) is 4.80. The number of nitrogens with zero attached hydrogens (tertiary/aromatic N) is 1. The molecule has 2 heterocycles. The molecule has 1 saturated heterocycles. The minimum atomic E-state index is -0.894. The molecule has 0 saturated carbocycles. The van der Waals surface area contributed by atoms with Gasteiger partial charge >= 0.3 is 0 Å². The molecule has 1 aliphatic rings. The van der Waals surface area contributed by atoms with Gasteiger partial charge in [-0.15, -0.1) is 0 Å². The van der Waals surface area contributed by atoms with Crippen LogP contribution >= 0.6 is 0 Å². The number of nitrogen functional groups attached to an aromatic ring is 1. The molecule has 1 aliphatic heterocycles. The zero-order valence-electron chi connectivity index (χ0n) is 10.6. The van der Waals surface area contributed by atoms with Gasteiger partial charge in [0.05, 0.1) is 16.8 Å². The van der Waals surface area contributed by atoms with Crippen LogP contribution in [0.3, 0.4) is 0 Å². The number of nitrogens with two attached hydrogens (primary N) is 1. The summed E-state index contributed by atoms with van der Waals surface area (Å²) in [5, 5.41) is 0.229.